The van der Waals surface area contributed by atoms with E-state index in [1.807, 2.05) is 50.4 Å². The molecule has 0 fully saturated rings. The average molecular weight is 493 g/mol. The van der Waals surface area contributed by atoms with E-state index < -0.39 is 0 Å². The van der Waals surface area contributed by atoms with Crippen molar-refractivity contribution in [3.63, 3.8) is 0 Å². The fourth-order valence-corrected chi connectivity index (χ4v) is 4.20. The Balaban J connectivity index is 1.57. The zero-order chi connectivity index (χ0) is 25.1. The summed E-state index contributed by atoms with van der Waals surface area (Å²) < 4.78 is 0. The van der Waals surface area contributed by atoms with Gasteiger partial charge in [-0.3, -0.25) is 0 Å². The summed E-state index contributed by atoms with van der Waals surface area (Å²) >= 11 is 6.19. The standard InChI is InChI=1S/C27H21ClN8/c1-16-5-6-21-20(7-9-32-26(21)35-19-11-17(14-29)10-18(28)12-19)25(16)36-27-22(4-3-8-31-27)23-13-24(30-2)34-15-33-23/h3-13,15H,1-2H3,(H,31,36)(H,32,35)(H,30,33,34). The van der Waals surface area contributed by atoms with Gasteiger partial charge in [-0.05, 0) is 48.9 Å². The molecule has 0 radical (unpaired) electrons. The van der Waals surface area contributed by atoms with E-state index in [0.29, 0.717) is 27.9 Å². The molecule has 3 heterocycles. The smallest absolute Gasteiger partial charge is 0.139 e. The van der Waals surface area contributed by atoms with Gasteiger partial charge in [-0.1, -0.05) is 23.7 Å². The molecule has 0 aliphatic heterocycles. The van der Waals surface area contributed by atoms with E-state index in [2.05, 4.69) is 42.0 Å². The largest absolute Gasteiger partial charge is 0.373 e. The number of hydrogen-bond acceptors (Lipinski definition) is 8. The van der Waals surface area contributed by atoms with Crippen molar-refractivity contribution >= 4 is 51.2 Å². The van der Waals surface area contributed by atoms with Gasteiger partial charge in [-0.15, -0.1) is 0 Å². The molecule has 0 saturated heterocycles. The van der Waals surface area contributed by atoms with Crippen molar-refractivity contribution in [2.24, 2.45) is 0 Å². The number of nitriles is 1. The highest BCUT2D eigenvalue weighted by molar-refractivity contribution is 6.31. The van der Waals surface area contributed by atoms with Crippen LogP contribution in [0.2, 0.25) is 5.02 Å². The highest BCUT2D eigenvalue weighted by Gasteiger charge is 2.14. The maximum atomic E-state index is 9.29. The summed E-state index contributed by atoms with van der Waals surface area (Å²) in [5.41, 5.74) is 4.71. The number of rotatable bonds is 6. The second kappa shape index (κ2) is 9.86. The molecule has 8 nitrogen and oxygen atoms in total. The lowest BCUT2D eigenvalue weighted by atomic mass is 10.0. The van der Waals surface area contributed by atoms with Gasteiger partial charge in [0.15, 0.2) is 0 Å². The third kappa shape index (κ3) is 4.60. The molecular weight excluding hydrogens is 472 g/mol. The third-order valence-corrected chi connectivity index (χ3v) is 5.91. The second-order valence-electron chi connectivity index (χ2n) is 8.04. The van der Waals surface area contributed by atoms with E-state index in [1.165, 1.54) is 6.33 Å². The molecule has 3 N–H and O–H groups in total. The molecule has 0 bridgehead atoms. The van der Waals surface area contributed by atoms with E-state index in [-0.39, 0.29) is 0 Å². The highest BCUT2D eigenvalue weighted by Crippen LogP contribution is 2.36. The molecule has 0 aliphatic carbocycles. The SMILES string of the molecule is CNc1cc(-c2cccnc2Nc2c(C)ccc3c(Nc4cc(Cl)cc(C#N)c4)nccc23)ncn1. The first kappa shape index (κ1) is 23.0. The van der Waals surface area contributed by atoms with Crippen molar-refractivity contribution in [1.29, 1.82) is 5.26 Å². The minimum absolute atomic E-state index is 0.470. The maximum Gasteiger partial charge on any atom is 0.139 e. The van der Waals surface area contributed by atoms with Crippen LogP contribution < -0.4 is 16.0 Å². The van der Waals surface area contributed by atoms with Gasteiger partial charge >= 0.3 is 0 Å². The van der Waals surface area contributed by atoms with Crippen LogP contribution in [0.3, 0.4) is 0 Å². The Morgan fingerprint density at radius 1 is 0.861 bits per heavy atom. The van der Waals surface area contributed by atoms with Gasteiger partial charge in [-0.2, -0.15) is 5.26 Å². The number of aryl methyl sites for hydroxylation is 1. The Morgan fingerprint density at radius 2 is 1.72 bits per heavy atom. The lowest BCUT2D eigenvalue weighted by Gasteiger charge is -2.17. The zero-order valence-corrected chi connectivity index (χ0v) is 20.3. The molecule has 36 heavy (non-hydrogen) atoms. The minimum atomic E-state index is 0.470. The van der Waals surface area contributed by atoms with Crippen LogP contribution in [0.4, 0.5) is 28.8 Å². The van der Waals surface area contributed by atoms with Gasteiger partial charge in [0.1, 0.15) is 23.8 Å². The van der Waals surface area contributed by atoms with Crippen molar-refractivity contribution in [3.8, 4) is 17.3 Å². The number of halogens is 1. The Bertz CT molecular complexity index is 1630. The molecule has 5 aromatic rings. The molecule has 0 unspecified atom stereocenters. The van der Waals surface area contributed by atoms with Gasteiger partial charge < -0.3 is 16.0 Å². The molecule has 3 aromatic heterocycles. The lowest BCUT2D eigenvalue weighted by molar-refractivity contribution is 1.16. The molecule has 0 amide bonds. The molecule has 176 valence electrons. The predicted molar refractivity (Wildman–Crippen MR) is 144 cm³/mol. The van der Waals surface area contributed by atoms with Crippen molar-refractivity contribution in [3.05, 3.63) is 89.5 Å². The Hall–Kier alpha value is -4.74. The van der Waals surface area contributed by atoms with Crippen molar-refractivity contribution < 1.29 is 0 Å². The average Bonchev–Trinajstić information content (AvgIpc) is 2.90. The molecule has 0 saturated carbocycles. The fraction of sp³-hybridized carbons (Fsp3) is 0.0741. The summed E-state index contributed by atoms with van der Waals surface area (Å²) in [5, 5.41) is 21.5. The molecule has 0 spiro atoms. The minimum Gasteiger partial charge on any atom is -0.373 e. The number of nitrogens with one attached hydrogen (secondary N) is 3. The van der Waals surface area contributed by atoms with Crippen molar-refractivity contribution in [1.82, 2.24) is 19.9 Å². The topological polar surface area (TPSA) is 111 Å². The summed E-state index contributed by atoms with van der Waals surface area (Å²) in [6, 6.07) is 19.0. The number of anilines is 5. The van der Waals surface area contributed by atoms with E-state index >= 15 is 0 Å². The molecule has 0 atom stereocenters. The Kier molecular flexibility index (Phi) is 6.31. The fourth-order valence-electron chi connectivity index (χ4n) is 3.96. The number of fused-ring (bicyclic) bond motifs is 1. The number of nitrogens with zero attached hydrogens (tertiary/aromatic N) is 5. The van der Waals surface area contributed by atoms with Crippen LogP contribution in [0.25, 0.3) is 22.0 Å². The maximum absolute atomic E-state index is 9.29. The summed E-state index contributed by atoms with van der Waals surface area (Å²) in [5.74, 6) is 2.05. The number of benzene rings is 2. The summed E-state index contributed by atoms with van der Waals surface area (Å²) in [7, 11) is 1.82. The molecule has 5 rings (SSSR count). The van der Waals surface area contributed by atoms with E-state index in [1.54, 1.807) is 30.6 Å². The molecule has 9 heteroatoms. The van der Waals surface area contributed by atoms with Crippen LogP contribution in [-0.2, 0) is 0 Å². The number of pyridine rings is 2. The summed E-state index contributed by atoms with van der Waals surface area (Å²) in [4.78, 5) is 17.8. The van der Waals surface area contributed by atoms with Crippen LogP contribution in [0.15, 0.2) is 73.3 Å². The number of aromatic nitrogens is 4. The van der Waals surface area contributed by atoms with Crippen LogP contribution in [0, 0.1) is 18.3 Å². The van der Waals surface area contributed by atoms with Crippen LogP contribution in [0.5, 0.6) is 0 Å². The molecule has 0 aliphatic rings. The van der Waals surface area contributed by atoms with Crippen molar-refractivity contribution in [2.75, 3.05) is 23.0 Å². The number of hydrogen-bond donors (Lipinski definition) is 3. The van der Waals surface area contributed by atoms with Gasteiger partial charge in [-0.25, -0.2) is 19.9 Å². The van der Waals surface area contributed by atoms with Crippen molar-refractivity contribution in [2.45, 2.75) is 6.92 Å². The zero-order valence-electron chi connectivity index (χ0n) is 19.5. The molecular formula is C27H21ClN8. The molecule has 2 aromatic carbocycles. The van der Waals surface area contributed by atoms with Gasteiger partial charge in [0.25, 0.3) is 0 Å². The first-order valence-electron chi connectivity index (χ1n) is 11.1. The van der Waals surface area contributed by atoms with E-state index in [0.717, 1.165) is 39.1 Å². The van der Waals surface area contributed by atoms with E-state index in [4.69, 9.17) is 11.6 Å². The third-order valence-electron chi connectivity index (χ3n) is 5.69. The first-order chi connectivity index (χ1) is 17.6. The second-order valence-corrected chi connectivity index (χ2v) is 8.48. The first-order valence-corrected chi connectivity index (χ1v) is 11.5. The highest BCUT2D eigenvalue weighted by atomic mass is 35.5. The predicted octanol–water partition coefficient (Wildman–Crippen LogP) is 6.45. The normalized spacial score (nSPS) is 10.6. The Labute approximate surface area is 213 Å². The van der Waals surface area contributed by atoms with Gasteiger partial charge in [0, 0.05) is 52.6 Å². The van der Waals surface area contributed by atoms with E-state index in [9.17, 15) is 5.26 Å². The summed E-state index contributed by atoms with van der Waals surface area (Å²) in [6.45, 7) is 2.04. The summed E-state index contributed by atoms with van der Waals surface area (Å²) in [6.07, 6.45) is 5.01. The van der Waals surface area contributed by atoms with Gasteiger partial charge in [0.05, 0.1) is 23.0 Å². The lowest BCUT2D eigenvalue weighted by Crippen LogP contribution is -2.02. The van der Waals surface area contributed by atoms with Crippen LogP contribution >= 0.6 is 11.6 Å². The Morgan fingerprint density at radius 3 is 2.56 bits per heavy atom. The van der Waals surface area contributed by atoms with Crippen LogP contribution in [0.1, 0.15) is 11.1 Å². The van der Waals surface area contributed by atoms with Gasteiger partial charge in [0.2, 0.25) is 0 Å². The van der Waals surface area contributed by atoms with Crippen LogP contribution in [-0.4, -0.2) is 27.0 Å². The quantitative estimate of drug-likeness (QED) is 0.248. The monoisotopic (exact) mass is 492 g/mol.